The van der Waals surface area contributed by atoms with Crippen LogP contribution in [0.3, 0.4) is 0 Å². The van der Waals surface area contributed by atoms with Crippen molar-refractivity contribution in [2.24, 2.45) is 0 Å². The van der Waals surface area contributed by atoms with Crippen LogP contribution in [0.5, 0.6) is 0 Å². The Morgan fingerprint density at radius 3 is 2.95 bits per heavy atom. The Hall–Kier alpha value is -1.55. The molecule has 0 saturated carbocycles. The third-order valence-electron chi connectivity index (χ3n) is 3.01. The van der Waals surface area contributed by atoms with Crippen molar-refractivity contribution in [1.29, 1.82) is 0 Å². The van der Waals surface area contributed by atoms with E-state index in [0.29, 0.717) is 16.4 Å². The van der Waals surface area contributed by atoms with Crippen molar-refractivity contribution in [3.63, 3.8) is 0 Å². The summed E-state index contributed by atoms with van der Waals surface area (Å²) in [5.41, 5.74) is 0.834. The van der Waals surface area contributed by atoms with Crippen LogP contribution < -0.4 is 4.72 Å². The lowest BCUT2D eigenvalue weighted by Gasteiger charge is -2.07. The predicted octanol–water partition coefficient (Wildman–Crippen LogP) is 1.67. The minimum Gasteiger partial charge on any atom is -0.211 e. The first kappa shape index (κ1) is 15.3. The molecule has 2 heterocycles. The second-order valence-corrected chi connectivity index (χ2v) is 7.83. The zero-order chi connectivity index (χ0) is 15.7. The molecule has 22 heavy (non-hydrogen) atoms. The van der Waals surface area contributed by atoms with Gasteiger partial charge in [-0.2, -0.15) is 9.61 Å². The van der Waals surface area contributed by atoms with Gasteiger partial charge in [-0.15, -0.1) is 10.2 Å². The largest absolute Gasteiger partial charge is 0.240 e. The van der Waals surface area contributed by atoms with Crippen LogP contribution in [0, 0.1) is 6.92 Å². The maximum atomic E-state index is 12.2. The monoisotopic (exact) mass is 357 g/mol. The Balaban J connectivity index is 1.66. The van der Waals surface area contributed by atoms with Gasteiger partial charge in [0.1, 0.15) is 11.3 Å². The first-order valence-electron chi connectivity index (χ1n) is 6.37. The number of aryl methyl sites for hydroxylation is 1. The van der Waals surface area contributed by atoms with Crippen molar-refractivity contribution in [3.8, 4) is 0 Å². The molecule has 0 bridgehead atoms. The molecule has 0 spiro atoms. The Morgan fingerprint density at radius 1 is 1.41 bits per heavy atom. The van der Waals surface area contributed by atoms with E-state index in [1.54, 1.807) is 10.6 Å². The molecule has 0 saturated heterocycles. The third-order valence-corrected chi connectivity index (χ3v) is 5.85. The molecule has 2 aromatic heterocycles. The van der Waals surface area contributed by atoms with Crippen LogP contribution in [-0.2, 0) is 16.4 Å². The van der Waals surface area contributed by atoms with Gasteiger partial charge in [-0.1, -0.05) is 29.0 Å². The SMILES string of the molecule is Cc1ccc(S(=O)(=O)NCCc2nn3cnnc3s2)cc1Cl. The van der Waals surface area contributed by atoms with E-state index in [4.69, 9.17) is 11.6 Å². The number of aromatic nitrogens is 4. The zero-order valence-electron chi connectivity index (χ0n) is 11.5. The molecule has 0 fully saturated rings. The second-order valence-electron chi connectivity index (χ2n) is 4.61. The quantitative estimate of drug-likeness (QED) is 0.750. The van der Waals surface area contributed by atoms with E-state index in [0.717, 1.165) is 10.6 Å². The number of hydrogen-bond acceptors (Lipinski definition) is 6. The molecule has 0 aliphatic heterocycles. The molecule has 1 N–H and O–H groups in total. The smallest absolute Gasteiger partial charge is 0.211 e. The van der Waals surface area contributed by atoms with Gasteiger partial charge < -0.3 is 0 Å². The Kier molecular flexibility index (Phi) is 4.13. The van der Waals surface area contributed by atoms with E-state index >= 15 is 0 Å². The topological polar surface area (TPSA) is 89.2 Å². The molecular formula is C12H12ClN5O2S2. The van der Waals surface area contributed by atoms with Crippen LogP contribution in [0.1, 0.15) is 10.6 Å². The molecule has 0 unspecified atom stereocenters. The summed E-state index contributed by atoms with van der Waals surface area (Å²) in [5, 5.41) is 13.1. The van der Waals surface area contributed by atoms with Crippen LogP contribution >= 0.6 is 22.9 Å². The van der Waals surface area contributed by atoms with Gasteiger partial charge in [0, 0.05) is 18.0 Å². The van der Waals surface area contributed by atoms with Crippen LogP contribution in [0.4, 0.5) is 0 Å². The number of halogens is 1. The normalized spacial score (nSPS) is 12.1. The Bertz CT molecular complexity index is 890. The molecular weight excluding hydrogens is 346 g/mol. The summed E-state index contributed by atoms with van der Waals surface area (Å²) in [6.45, 7) is 2.07. The molecule has 10 heteroatoms. The van der Waals surface area contributed by atoms with Gasteiger partial charge >= 0.3 is 0 Å². The molecule has 3 rings (SSSR count). The van der Waals surface area contributed by atoms with Crippen LogP contribution in [-0.4, -0.2) is 34.8 Å². The molecule has 0 aliphatic rings. The highest BCUT2D eigenvalue weighted by atomic mass is 35.5. The van der Waals surface area contributed by atoms with Gasteiger partial charge in [0.15, 0.2) is 0 Å². The first-order chi connectivity index (χ1) is 10.5. The average molecular weight is 358 g/mol. The molecule has 1 aromatic carbocycles. The van der Waals surface area contributed by atoms with Crippen molar-refractivity contribution >= 4 is 37.9 Å². The van der Waals surface area contributed by atoms with Gasteiger partial charge in [-0.05, 0) is 24.6 Å². The lowest BCUT2D eigenvalue weighted by molar-refractivity contribution is 0.581. The number of sulfonamides is 1. The van der Waals surface area contributed by atoms with E-state index in [1.807, 2.05) is 6.92 Å². The number of benzene rings is 1. The number of nitrogens with zero attached hydrogens (tertiary/aromatic N) is 4. The van der Waals surface area contributed by atoms with Gasteiger partial charge in [0.05, 0.1) is 4.90 Å². The molecule has 0 amide bonds. The lowest BCUT2D eigenvalue weighted by Crippen LogP contribution is -2.26. The maximum absolute atomic E-state index is 12.2. The Labute approximate surface area is 136 Å². The highest BCUT2D eigenvalue weighted by molar-refractivity contribution is 7.89. The van der Waals surface area contributed by atoms with Gasteiger partial charge in [-0.3, -0.25) is 0 Å². The average Bonchev–Trinajstić information content (AvgIpc) is 3.02. The third kappa shape index (κ3) is 3.12. The van der Waals surface area contributed by atoms with Crippen molar-refractivity contribution < 1.29 is 8.42 Å². The van der Waals surface area contributed by atoms with E-state index in [-0.39, 0.29) is 11.4 Å². The number of hydrogen-bond donors (Lipinski definition) is 1. The molecule has 0 radical (unpaired) electrons. The fourth-order valence-corrected chi connectivity index (χ4v) is 3.93. The van der Waals surface area contributed by atoms with Gasteiger partial charge in [0.2, 0.25) is 15.0 Å². The molecule has 0 atom stereocenters. The van der Waals surface area contributed by atoms with E-state index in [1.165, 1.54) is 29.8 Å². The van der Waals surface area contributed by atoms with Crippen molar-refractivity contribution in [3.05, 3.63) is 40.1 Å². The number of fused-ring (bicyclic) bond motifs is 1. The number of nitrogens with one attached hydrogen (secondary N) is 1. The van der Waals surface area contributed by atoms with Crippen LogP contribution in [0.2, 0.25) is 5.02 Å². The molecule has 7 nitrogen and oxygen atoms in total. The van der Waals surface area contributed by atoms with Crippen molar-refractivity contribution in [2.75, 3.05) is 6.54 Å². The minimum absolute atomic E-state index is 0.154. The summed E-state index contributed by atoms with van der Waals surface area (Å²) >= 11 is 7.34. The Morgan fingerprint density at radius 2 is 2.23 bits per heavy atom. The molecule has 116 valence electrons. The standard InChI is InChI=1S/C12H12ClN5O2S2/c1-8-2-3-9(6-10(8)13)22(19,20)15-5-4-11-17-18-7-14-16-12(18)21-11/h2-3,6-7,15H,4-5H2,1H3. The summed E-state index contributed by atoms with van der Waals surface area (Å²) in [4.78, 5) is 0.837. The fraction of sp³-hybridized carbons (Fsp3) is 0.250. The maximum Gasteiger partial charge on any atom is 0.240 e. The van der Waals surface area contributed by atoms with E-state index in [2.05, 4.69) is 20.0 Å². The van der Waals surface area contributed by atoms with Crippen molar-refractivity contribution in [2.45, 2.75) is 18.2 Å². The summed E-state index contributed by atoms with van der Waals surface area (Å²) < 4.78 is 28.5. The second kappa shape index (κ2) is 5.92. The summed E-state index contributed by atoms with van der Waals surface area (Å²) in [7, 11) is -3.58. The van der Waals surface area contributed by atoms with Crippen LogP contribution in [0.25, 0.3) is 4.96 Å². The molecule has 3 aromatic rings. The first-order valence-corrected chi connectivity index (χ1v) is 9.05. The van der Waals surface area contributed by atoms with Gasteiger partial charge in [0.25, 0.3) is 0 Å². The van der Waals surface area contributed by atoms with Crippen LogP contribution in [0.15, 0.2) is 29.4 Å². The summed E-state index contributed by atoms with van der Waals surface area (Å²) in [6, 6.07) is 4.66. The number of rotatable bonds is 5. The highest BCUT2D eigenvalue weighted by Gasteiger charge is 2.15. The summed E-state index contributed by atoms with van der Waals surface area (Å²) in [6.07, 6.45) is 1.99. The minimum atomic E-state index is -3.58. The summed E-state index contributed by atoms with van der Waals surface area (Å²) in [5.74, 6) is 0. The van der Waals surface area contributed by atoms with Crippen molar-refractivity contribution in [1.82, 2.24) is 24.5 Å². The molecule has 0 aliphatic carbocycles. The van der Waals surface area contributed by atoms with E-state index < -0.39 is 10.0 Å². The fourth-order valence-electron chi connectivity index (χ4n) is 1.82. The van der Waals surface area contributed by atoms with E-state index in [9.17, 15) is 8.42 Å². The van der Waals surface area contributed by atoms with Gasteiger partial charge in [-0.25, -0.2) is 13.1 Å². The zero-order valence-corrected chi connectivity index (χ0v) is 13.9. The predicted molar refractivity (Wildman–Crippen MR) is 83.7 cm³/mol. The lowest BCUT2D eigenvalue weighted by atomic mass is 10.2. The highest BCUT2D eigenvalue weighted by Crippen LogP contribution is 2.20.